The second-order valence-corrected chi connectivity index (χ2v) is 8.14. The van der Waals surface area contributed by atoms with E-state index < -0.39 is 0 Å². The van der Waals surface area contributed by atoms with Gasteiger partial charge in [-0.2, -0.15) is 0 Å². The van der Waals surface area contributed by atoms with Crippen LogP contribution in [0.25, 0.3) is 11.0 Å². The lowest BCUT2D eigenvalue weighted by atomic mass is 10.0. The molecule has 1 aromatic carbocycles. The summed E-state index contributed by atoms with van der Waals surface area (Å²) in [4.78, 5) is 27.2. The minimum atomic E-state index is -0.0935. The van der Waals surface area contributed by atoms with Crippen LogP contribution in [-0.4, -0.2) is 95.6 Å². The third-order valence-electron chi connectivity index (χ3n) is 6.24. The first-order valence-electron chi connectivity index (χ1n) is 11.0. The zero-order valence-corrected chi connectivity index (χ0v) is 17.5. The van der Waals surface area contributed by atoms with Crippen molar-refractivity contribution in [3.8, 4) is 0 Å². The van der Waals surface area contributed by atoms with Crippen LogP contribution in [0.1, 0.15) is 25.6 Å². The number of piperazine rings is 1. The molecule has 0 spiro atoms. The third-order valence-corrected chi connectivity index (χ3v) is 6.24. The van der Waals surface area contributed by atoms with E-state index in [0.717, 1.165) is 81.9 Å². The second kappa shape index (κ2) is 9.69. The third kappa shape index (κ3) is 5.35. The molecule has 158 valence electrons. The van der Waals surface area contributed by atoms with Crippen molar-refractivity contribution in [3.63, 3.8) is 0 Å². The number of para-hydroxylation sites is 2. The van der Waals surface area contributed by atoms with Crippen molar-refractivity contribution in [2.24, 2.45) is 0 Å². The number of H-pyrrole nitrogens is 1. The maximum atomic E-state index is 11.7. The predicted molar refractivity (Wildman–Crippen MR) is 114 cm³/mol. The van der Waals surface area contributed by atoms with Gasteiger partial charge < -0.3 is 14.6 Å². The van der Waals surface area contributed by atoms with Gasteiger partial charge in [0.25, 0.3) is 0 Å². The van der Waals surface area contributed by atoms with Crippen molar-refractivity contribution in [2.45, 2.75) is 32.2 Å². The molecular formula is C22H33N5O2. The Morgan fingerprint density at radius 2 is 1.86 bits per heavy atom. The highest BCUT2D eigenvalue weighted by molar-refractivity contribution is 5.74. The number of carbonyl (C=O) groups is 1. The van der Waals surface area contributed by atoms with Gasteiger partial charge in [0.05, 0.1) is 24.2 Å². The van der Waals surface area contributed by atoms with Crippen molar-refractivity contribution in [2.75, 3.05) is 59.0 Å². The van der Waals surface area contributed by atoms with Gasteiger partial charge in [0.2, 0.25) is 0 Å². The number of imidazole rings is 1. The number of aromatic amines is 1. The Bertz CT molecular complexity index is 758. The normalized spacial score (nSPS) is 20.3. The Hall–Kier alpha value is -1.96. The van der Waals surface area contributed by atoms with Crippen LogP contribution in [0.2, 0.25) is 0 Å². The molecule has 0 unspecified atom stereocenters. The topological polar surface area (TPSA) is 64.7 Å². The first-order chi connectivity index (χ1) is 14.2. The van der Waals surface area contributed by atoms with Gasteiger partial charge >= 0.3 is 5.97 Å². The van der Waals surface area contributed by atoms with Crippen LogP contribution in [-0.2, 0) is 16.0 Å². The van der Waals surface area contributed by atoms with E-state index in [1.54, 1.807) is 0 Å². The Morgan fingerprint density at radius 1 is 1.10 bits per heavy atom. The molecule has 3 heterocycles. The molecule has 2 aliphatic rings. The van der Waals surface area contributed by atoms with Gasteiger partial charge in [-0.15, -0.1) is 0 Å². The zero-order valence-electron chi connectivity index (χ0n) is 17.5. The fourth-order valence-corrected chi connectivity index (χ4v) is 4.57. The largest absolute Gasteiger partial charge is 0.465 e. The summed E-state index contributed by atoms with van der Waals surface area (Å²) in [5.41, 5.74) is 2.18. The van der Waals surface area contributed by atoms with Gasteiger partial charge in [0.15, 0.2) is 0 Å². The van der Waals surface area contributed by atoms with Crippen LogP contribution in [0.3, 0.4) is 0 Å². The van der Waals surface area contributed by atoms with Gasteiger partial charge in [-0.05, 0) is 31.9 Å². The number of nitrogens with one attached hydrogen (secondary N) is 1. The number of aromatic nitrogens is 2. The summed E-state index contributed by atoms with van der Waals surface area (Å²) in [5, 5.41) is 0. The van der Waals surface area contributed by atoms with Gasteiger partial charge in [-0.25, -0.2) is 4.98 Å². The zero-order chi connectivity index (χ0) is 20.1. The molecule has 0 aliphatic carbocycles. The van der Waals surface area contributed by atoms with Crippen LogP contribution in [0.15, 0.2) is 24.3 Å². The predicted octanol–water partition coefficient (Wildman–Crippen LogP) is 1.75. The number of benzene rings is 1. The van der Waals surface area contributed by atoms with Gasteiger partial charge in [0.1, 0.15) is 5.82 Å². The molecule has 7 heteroatoms. The molecule has 29 heavy (non-hydrogen) atoms. The van der Waals surface area contributed by atoms with E-state index in [1.807, 2.05) is 19.1 Å². The van der Waals surface area contributed by atoms with Crippen LogP contribution in [0.5, 0.6) is 0 Å². The lowest BCUT2D eigenvalue weighted by Crippen LogP contribution is -2.53. The van der Waals surface area contributed by atoms with E-state index in [9.17, 15) is 4.79 Å². The molecular weight excluding hydrogens is 366 g/mol. The minimum absolute atomic E-state index is 0.0935. The Labute approximate surface area is 173 Å². The summed E-state index contributed by atoms with van der Waals surface area (Å²) < 4.78 is 5.07. The monoisotopic (exact) mass is 399 g/mol. The number of carbonyl (C=O) groups excluding carboxylic acids is 1. The number of esters is 1. The molecule has 0 bridgehead atoms. The number of hydrogen-bond donors (Lipinski definition) is 1. The number of ether oxygens (including phenoxy) is 1. The van der Waals surface area contributed by atoms with Crippen molar-refractivity contribution in [1.82, 2.24) is 24.7 Å². The molecule has 1 aromatic heterocycles. The highest BCUT2D eigenvalue weighted by Gasteiger charge is 2.28. The molecule has 4 rings (SSSR count). The molecule has 0 saturated carbocycles. The second-order valence-electron chi connectivity index (χ2n) is 8.14. The summed E-state index contributed by atoms with van der Waals surface area (Å²) in [6.45, 7) is 10.4. The van der Waals surface area contributed by atoms with Crippen molar-refractivity contribution in [1.29, 1.82) is 0 Å². The fourth-order valence-electron chi connectivity index (χ4n) is 4.57. The first-order valence-corrected chi connectivity index (χ1v) is 11.0. The van der Waals surface area contributed by atoms with Crippen molar-refractivity contribution >= 4 is 17.0 Å². The lowest BCUT2D eigenvalue weighted by Gasteiger charge is -2.42. The molecule has 2 aliphatic heterocycles. The quantitative estimate of drug-likeness (QED) is 0.716. The number of rotatable bonds is 7. The Morgan fingerprint density at radius 3 is 2.59 bits per heavy atom. The number of likely N-dealkylation sites (tertiary alicyclic amines) is 1. The molecule has 2 saturated heterocycles. The van der Waals surface area contributed by atoms with Crippen LogP contribution < -0.4 is 0 Å². The summed E-state index contributed by atoms with van der Waals surface area (Å²) in [6, 6.07) is 8.89. The highest BCUT2D eigenvalue weighted by Crippen LogP contribution is 2.19. The highest BCUT2D eigenvalue weighted by atomic mass is 16.5. The summed E-state index contributed by atoms with van der Waals surface area (Å²) in [5.74, 6) is 0.992. The van der Waals surface area contributed by atoms with Crippen LogP contribution >= 0.6 is 0 Å². The van der Waals surface area contributed by atoms with E-state index in [2.05, 4.69) is 31.8 Å². The van der Waals surface area contributed by atoms with E-state index in [-0.39, 0.29) is 5.97 Å². The average molecular weight is 400 g/mol. The molecule has 0 radical (unpaired) electrons. The van der Waals surface area contributed by atoms with Gasteiger partial charge in [0, 0.05) is 58.3 Å². The van der Waals surface area contributed by atoms with E-state index in [0.29, 0.717) is 19.2 Å². The van der Waals surface area contributed by atoms with Crippen molar-refractivity contribution < 1.29 is 9.53 Å². The lowest BCUT2D eigenvalue weighted by molar-refractivity contribution is -0.144. The average Bonchev–Trinajstić information content (AvgIpc) is 3.16. The fraction of sp³-hybridized carbons (Fsp3) is 0.636. The van der Waals surface area contributed by atoms with E-state index in [4.69, 9.17) is 9.72 Å². The molecule has 0 amide bonds. The Kier molecular flexibility index (Phi) is 6.79. The van der Waals surface area contributed by atoms with Gasteiger partial charge in [-0.3, -0.25) is 14.6 Å². The molecule has 2 aromatic rings. The van der Waals surface area contributed by atoms with Gasteiger partial charge in [-0.1, -0.05) is 12.1 Å². The SMILES string of the molecule is CCOC(=O)CN1CCC(N2CCN(CCc3nc4ccccc4[nH]3)CC2)CC1. The van der Waals surface area contributed by atoms with E-state index in [1.165, 1.54) is 0 Å². The maximum Gasteiger partial charge on any atom is 0.320 e. The van der Waals surface area contributed by atoms with E-state index >= 15 is 0 Å². The maximum absolute atomic E-state index is 11.7. The number of hydrogen-bond acceptors (Lipinski definition) is 6. The van der Waals surface area contributed by atoms with Crippen LogP contribution in [0, 0.1) is 0 Å². The number of nitrogens with zero attached hydrogens (tertiary/aromatic N) is 4. The molecule has 0 atom stereocenters. The summed E-state index contributed by atoms with van der Waals surface area (Å²) >= 11 is 0. The summed E-state index contributed by atoms with van der Waals surface area (Å²) in [7, 11) is 0. The minimum Gasteiger partial charge on any atom is -0.465 e. The smallest absolute Gasteiger partial charge is 0.320 e. The Balaban J connectivity index is 1.16. The van der Waals surface area contributed by atoms with Crippen molar-refractivity contribution in [3.05, 3.63) is 30.1 Å². The number of fused-ring (bicyclic) bond motifs is 1. The van der Waals surface area contributed by atoms with Crippen LogP contribution in [0.4, 0.5) is 0 Å². The molecule has 1 N–H and O–H groups in total. The number of piperidine rings is 1. The summed E-state index contributed by atoms with van der Waals surface area (Å²) in [6.07, 6.45) is 3.28. The molecule has 2 fully saturated rings. The standard InChI is InChI=1S/C22H33N5O2/c1-2-29-22(28)17-26-10-7-18(8-11-26)27-15-13-25(14-16-27)12-9-21-23-19-5-3-4-6-20(19)24-21/h3-6,18H,2,7-17H2,1H3,(H,23,24). The first kappa shape index (κ1) is 20.3. The molecule has 7 nitrogen and oxygen atoms in total.